The normalized spacial score (nSPS) is 18.2. The second-order valence-corrected chi connectivity index (χ2v) is 6.21. The molecule has 0 radical (unpaired) electrons. The van der Waals surface area contributed by atoms with E-state index in [-0.39, 0.29) is 18.6 Å². The molecule has 1 fully saturated rings. The van der Waals surface area contributed by atoms with Crippen molar-refractivity contribution in [2.24, 2.45) is 0 Å². The molecule has 1 unspecified atom stereocenters. The highest BCUT2D eigenvalue weighted by atomic mass is 16.5. The predicted octanol–water partition coefficient (Wildman–Crippen LogP) is 2.59. The molecule has 2 aromatic rings. The van der Waals surface area contributed by atoms with Crippen LogP contribution in [0, 0.1) is 0 Å². The Hall–Kier alpha value is -2.17. The first kappa shape index (κ1) is 16.7. The lowest BCUT2D eigenvalue weighted by molar-refractivity contribution is -0.126. The van der Waals surface area contributed by atoms with Gasteiger partial charge in [-0.05, 0) is 17.5 Å². The summed E-state index contributed by atoms with van der Waals surface area (Å²) in [5.41, 5.74) is 2.58. The van der Waals surface area contributed by atoms with Crippen LogP contribution in [0.5, 0.6) is 0 Å². The first-order valence-corrected chi connectivity index (χ1v) is 8.48. The fourth-order valence-electron chi connectivity index (χ4n) is 3.00. The van der Waals surface area contributed by atoms with Gasteiger partial charge in [-0.15, -0.1) is 0 Å². The van der Waals surface area contributed by atoms with Gasteiger partial charge in [0.05, 0.1) is 6.10 Å². The summed E-state index contributed by atoms with van der Waals surface area (Å²) in [5, 5.41) is 2.86. The SMILES string of the molecule is O=C1COC(CN(Cc2ccccc2)Cc2ccccc2)CCN1. The van der Waals surface area contributed by atoms with Crippen LogP contribution in [0.4, 0.5) is 0 Å². The minimum Gasteiger partial charge on any atom is -0.367 e. The van der Waals surface area contributed by atoms with Crippen LogP contribution in [0.2, 0.25) is 0 Å². The number of nitrogens with one attached hydrogen (secondary N) is 1. The van der Waals surface area contributed by atoms with Gasteiger partial charge in [-0.25, -0.2) is 0 Å². The maximum Gasteiger partial charge on any atom is 0.246 e. The molecule has 1 aliphatic heterocycles. The molecule has 0 aliphatic carbocycles. The Morgan fingerprint density at radius 3 is 2.12 bits per heavy atom. The minimum atomic E-state index is -0.0184. The van der Waals surface area contributed by atoms with Crippen LogP contribution in [0.1, 0.15) is 17.5 Å². The van der Waals surface area contributed by atoms with E-state index < -0.39 is 0 Å². The van der Waals surface area contributed by atoms with Crippen molar-refractivity contribution in [3.63, 3.8) is 0 Å². The van der Waals surface area contributed by atoms with Gasteiger partial charge in [0.2, 0.25) is 5.91 Å². The molecule has 3 rings (SSSR count). The second-order valence-electron chi connectivity index (χ2n) is 6.21. The third-order valence-electron chi connectivity index (χ3n) is 4.20. The zero-order chi connectivity index (χ0) is 16.6. The quantitative estimate of drug-likeness (QED) is 0.888. The van der Waals surface area contributed by atoms with E-state index in [0.29, 0.717) is 6.54 Å². The van der Waals surface area contributed by atoms with Gasteiger partial charge in [0, 0.05) is 26.2 Å². The molecule has 0 aromatic heterocycles. The molecule has 0 bridgehead atoms. The van der Waals surface area contributed by atoms with Gasteiger partial charge < -0.3 is 10.1 Å². The molecule has 0 spiro atoms. The van der Waals surface area contributed by atoms with Crippen molar-refractivity contribution in [3.05, 3.63) is 71.8 Å². The number of benzene rings is 2. The summed E-state index contributed by atoms with van der Waals surface area (Å²) in [6.45, 7) is 3.41. The number of hydrogen-bond donors (Lipinski definition) is 1. The molecule has 4 heteroatoms. The van der Waals surface area contributed by atoms with Crippen molar-refractivity contribution in [1.29, 1.82) is 0 Å². The number of amides is 1. The molecule has 1 aliphatic rings. The molecule has 1 heterocycles. The minimum absolute atomic E-state index is 0.0184. The second kappa shape index (κ2) is 8.62. The average Bonchev–Trinajstić information content (AvgIpc) is 2.81. The van der Waals surface area contributed by atoms with Gasteiger partial charge in [-0.2, -0.15) is 0 Å². The van der Waals surface area contributed by atoms with Gasteiger partial charge in [0.15, 0.2) is 0 Å². The Bertz CT molecular complexity index is 589. The van der Waals surface area contributed by atoms with Crippen molar-refractivity contribution in [2.75, 3.05) is 19.7 Å². The number of carbonyl (C=O) groups excluding carboxylic acids is 1. The van der Waals surface area contributed by atoms with Crippen LogP contribution in [-0.2, 0) is 22.6 Å². The molecule has 126 valence electrons. The predicted molar refractivity (Wildman–Crippen MR) is 94.4 cm³/mol. The molecular formula is C20H24N2O2. The zero-order valence-electron chi connectivity index (χ0n) is 13.9. The lowest BCUT2D eigenvalue weighted by atomic mass is 10.1. The Kier molecular flexibility index (Phi) is 5.99. The highest BCUT2D eigenvalue weighted by molar-refractivity contribution is 5.77. The lowest BCUT2D eigenvalue weighted by Crippen LogP contribution is -2.33. The van der Waals surface area contributed by atoms with Crippen molar-refractivity contribution < 1.29 is 9.53 Å². The average molecular weight is 324 g/mol. The summed E-state index contributed by atoms with van der Waals surface area (Å²) in [6, 6.07) is 21.0. The number of hydrogen-bond acceptors (Lipinski definition) is 3. The maximum atomic E-state index is 11.4. The van der Waals surface area contributed by atoms with Crippen molar-refractivity contribution >= 4 is 5.91 Å². The summed E-state index contributed by atoms with van der Waals surface area (Å²) < 4.78 is 5.77. The van der Waals surface area contributed by atoms with Crippen LogP contribution < -0.4 is 5.32 Å². The Balaban J connectivity index is 1.67. The number of rotatable bonds is 6. The van der Waals surface area contributed by atoms with E-state index >= 15 is 0 Å². The van der Waals surface area contributed by atoms with Gasteiger partial charge in [0.1, 0.15) is 6.61 Å². The van der Waals surface area contributed by atoms with Crippen LogP contribution in [0.25, 0.3) is 0 Å². The first-order valence-electron chi connectivity index (χ1n) is 8.48. The van der Waals surface area contributed by atoms with Crippen LogP contribution in [0.3, 0.4) is 0 Å². The van der Waals surface area contributed by atoms with Gasteiger partial charge >= 0.3 is 0 Å². The summed E-state index contributed by atoms with van der Waals surface area (Å²) in [5.74, 6) is -0.0184. The lowest BCUT2D eigenvalue weighted by Gasteiger charge is -2.27. The molecule has 1 atom stereocenters. The van der Waals surface area contributed by atoms with E-state index in [1.165, 1.54) is 11.1 Å². The molecule has 1 saturated heterocycles. The smallest absolute Gasteiger partial charge is 0.246 e. The maximum absolute atomic E-state index is 11.4. The fourth-order valence-corrected chi connectivity index (χ4v) is 3.00. The molecule has 1 amide bonds. The number of carbonyl (C=O) groups is 1. The van der Waals surface area contributed by atoms with E-state index in [1.54, 1.807) is 0 Å². The van der Waals surface area contributed by atoms with Crippen molar-refractivity contribution in [1.82, 2.24) is 10.2 Å². The van der Waals surface area contributed by atoms with E-state index in [0.717, 1.165) is 26.1 Å². The highest BCUT2D eigenvalue weighted by Crippen LogP contribution is 2.13. The Morgan fingerprint density at radius 1 is 0.958 bits per heavy atom. The van der Waals surface area contributed by atoms with Gasteiger partial charge in [-0.3, -0.25) is 9.69 Å². The molecule has 4 nitrogen and oxygen atoms in total. The Morgan fingerprint density at radius 2 is 1.54 bits per heavy atom. The zero-order valence-corrected chi connectivity index (χ0v) is 13.9. The largest absolute Gasteiger partial charge is 0.367 e. The summed E-state index contributed by atoms with van der Waals surface area (Å²) in [4.78, 5) is 13.8. The van der Waals surface area contributed by atoms with Crippen molar-refractivity contribution in [2.45, 2.75) is 25.6 Å². The van der Waals surface area contributed by atoms with E-state index in [9.17, 15) is 4.79 Å². The van der Waals surface area contributed by atoms with Crippen LogP contribution in [0.15, 0.2) is 60.7 Å². The number of nitrogens with zero attached hydrogens (tertiary/aromatic N) is 1. The number of ether oxygens (including phenoxy) is 1. The third kappa shape index (κ3) is 5.18. The van der Waals surface area contributed by atoms with Gasteiger partial charge in [0.25, 0.3) is 0 Å². The Labute approximate surface area is 143 Å². The third-order valence-corrected chi connectivity index (χ3v) is 4.20. The van der Waals surface area contributed by atoms with E-state index in [1.807, 2.05) is 12.1 Å². The van der Waals surface area contributed by atoms with Gasteiger partial charge in [-0.1, -0.05) is 60.7 Å². The van der Waals surface area contributed by atoms with Crippen LogP contribution in [-0.4, -0.2) is 36.6 Å². The van der Waals surface area contributed by atoms with E-state index in [2.05, 4.69) is 58.7 Å². The summed E-state index contributed by atoms with van der Waals surface area (Å²) in [7, 11) is 0. The molecule has 0 saturated carbocycles. The topological polar surface area (TPSA) is 41.6 Å². The summed E-state index contributed by atoms with van der Waals surface area (Å²) >= 11 is 0. The van der Waals surface area contributed by atoms with Crippen molar-refractivity contribution in [3.8, 4) is 0 Å². The highest BCUT2D eigenvalue weighted by Gasteiger charge is 2.19. The monoisotopic (exact) mass is 324 g/mol. The first-order chi connectivity index (χ1) is 11.8. The standard InChI is InChI=1S/C20H24N2O2/c23-20-16-24-19(11-12-21-20)15-22(13-17-7-3-1-4-8-17)14-18-9-5-2-6-10-18/h1-10,19H,11-16H2,(H,21,23). The van der Waals surface area contributed by atoms with E-state index in [4.69, 9.17) is 4.74 Å². The molecule has 24 heavy (non-hydrogen) atoms. The fraction of sp³-hybridized carbons (Fsp3) is 0.350. The summed E-state index contributed by atoms with van der Waals surface area (Å²) in [6.07, 6.45) is 0.933. The van der Waals surface area contributed by atoms with Crippen LogP contribution >= 0.6 is 0 Å². The molecule has 1 N–H and O–H groups in total. The molecule has 2 aromatic carbocycles. The molecular weight excluding hydrogens is 300 g/mol.